The van der Waals surface area contributed by atoms with E-state index < -0.39 is 0 Å². The highest BCUT2D eigenvalue weighted by Crippen LogP contribution is 2.25. The third-order valence-corrected chi connectivity index (χ3v) is 1.62. The van der Waals surface area contributed by atoms with E-state index in [0.29, 0.717) is 5.41 Å². The van der Waals surface area contributed by atoms with Crippen molar-refractivity contribution in [3.63, 3.8) is 0 Å². The van der Waals surface area contributed by atoms with Crippen molar-refractivity contribution in [2.45, 2.75) is 40.5 Å². The van der Waals surface area contributed by atoms with E-state index in [-0.39, 0.29) is 0 Å². The van der Waals surface area contributed by atoms with Crippen LogP contribution in [0.3, 0.4) is 0 Å². The predicted octanol–water partition coefficient (Wildman–Crippen LogP) is 2.41. The van der Waals surface area contributed by atoms with Gasteiger partial charge in [-0.05, 0) is 30.7 Å². The lowest BCUT2D eigenvalue weighted by Crippen LogP contribution is -2.14. The number of hydrogen-bond acceptors (Lipinski definition) is 1. The minimum absolute atomic E-state index is 0.467. The Morgan fingerprint density at radius 1 is 1.30 bits per heavy atom. The van der Waals surface area contributed by atoms with Crippen molar-refractivity contribution in [1.29, 1.82) is 0 Å². The first kappa shape index (κ1) is 9.96. The molecule has 0 spiro atoms. The van der Waals surface area contributed by atoms with Crippen molar-refractivity contribution < 1.29 is 0 Å². The third-order valence-electron chi connectivity index (χ3n) is 1.62. The third kappa shape index (κ3) is 6.09. The fourth-order valence-corrected chi connectivity index (χ4v) is 1.43. The summed E-state index contributed by atoms with van der Waals surface area (Å²) in [7, 11) is 0. The van der Waals surface area contributed by atoms with E-state index in [4.69, 9.17) is 5.73 Å². The van der Waals surface area contributed by atoms with E-state index in [1.165, 1.54) is 6.42 Å². The van der Waals surface area contributed by atoms with E-state index in [0.717, 1.165) is 18.9 Å². The Labute approximate surface area is 65.0 Å². The van der Waals surface area contributed by atoms with Gasteiger partial charge in [-0.15, -0.1) is 0 Å². The fourth-order valence-electron chi connectivity index (χ4n) is 1.43. The fraction of sp³-hybridized carbons (Fsp3) is 1.00. The van der Waals surface area contributed by atoms with Crippen LogP contribution in [-0.4, -0.2) is 6.54 Å². The van der Waals surface area contributed by atoms with Gasteiger partial charge in [0.25, 0.3) is 0 Å². The van der Waals surface area contributed by atoms with E-state index in [1.54, 1.807) is 0 Å². The average molecular weight is 143 g/mol. The SMILES string of the molecule is CC(CCN)CC(C)(C)C. The molecular weight excluding hydrogens is 122 g/mol. The molecule has 1 unspecified atom stereocenters. The Morgan fingerprint density at radius 2 is 1.80 bits per heavy atom. The van der Waals surface area contributed by atoms with E-state index in [9.17, 15) is 0 Å². The lowest BCUT2D eigenvalue weighted by atomic mass is 9.84. The summed E-state index contributed by atoms with van der Waals surface area (Å²) in [5.41, 5.74) is 5.92. The van der Waals surface area contributed by atoms with E-state index >= 15 is 0 Å². The Balaban J connectivity index is 3.47. The van der Waals surface area contributed by atoms with Crippen molar-refractivity contribution in [1.82, 2.24) is 0 Å². The standard InChI is InChI=1S/C9H21N/c1-8(5-6-10)7-9(2,3)4/h8H,5-7,10H2,1-4H3. The van der Waals surface area contributed by atoms with Crippen LogP contribution in [0.4, 0.5) is 0 Å². The zero-order chi connectivity index (χ0) is 8.20. The zero-order valence-corrected chi connectivity index (χ0v) is 7.78. The van der Waals surface area contributed by atoms with Gasteiger partial charge in [-0.1, -0.05) is 27.7 Å². The van der Waals surface area contributed by atoms with Crippen molar-refractivity contribution in [2.24, 2.45) is 17.1 Å². The Hall–Kier alpha value is -0.0400. The molecule has 0 aliphatic rings. The van der Waals surface area contributed by atoms with Gasteiger partial charge in [0, 0.05) is 0 Å². The summed E-state index contributed by atoms with van der Waals surface area (Å²) in [6.45, 7) is 9.94. The molecule has 0 saturated carbocycles. The minimum Gasteiger partial charge on any atom is -0.330 e. The maximum atomic E-state index is 5.45. The van der Waals surface area contributed by atoms with Crippen LogP contribution in [0.2, 0.25) is 0 Å². The van der Waals surface area contributed by atoms with Crippen molar-refractivity contribution in [3.05, 3.63) is 0 Å². The molecule has 0 saturated heterocycles. The predicted molar refractivity (Wildman–Crippen MR) is 46.9 cm³/mol. The summed E-state index contributed by atoms with van der Waals surface area (Å²) in [6.07, 6.45) is 2.45. The molecule has 0 aromatic rings. The molecule has 0 bridgehead atoms. The molecule has 0 rings (SSSR count). The summed E-state index contributed by atoms with van der Waals surface area (Å²) in [5, 5.41) is 0. The monoisotopic (exact) mass is 143 g/mol. The van der Waals surface area contributed by atoms with Crippen LogP contribution in [0.25, 0.3) is 0 Å². The lowest BCUT2D eigenvalue weighted by molar-refractivity contribution is 0.299. The van der Waals surface area contributed by atoms with Gasteiger partial charge in [-0.2, -0.15) is 0 Å². The van der Waals surface area contributed by atoms with Crippen LogP contribution < -0.4 is 5.73 Å². The molecule has 0 heterocycles. The van der Waals surface area contributed by atoms with Gasteiger partial charge in [0.15, 0.2) is 0 Å². The molecular formula is C9H21N. The second kappa shape index (κ2) is 3.97. The normalized spacial score (nSPS) is 15.3. The summed E-state index contributed by atoms with van der Waals surface area (Å²) in [6, 6.07) is 0. The molecule has 0 aromatic heterocycles. The molecule has 0 radical (unpaired) electrons. The first-order valence-corrected chi connectivity index (χ1v) is 4.16. The summed E-state index contributed by atoms with van der Waals surface area (Å²) < 4.78 is 0. The Bertz CT molecular complexity index is 81.2. The average Bonchev–Trinajstić information content (AvgIpc) is 1.59. The Kier molecular flexibility index (Phi) is 3.95. The number of hydrogen-bond donors (Lipinski definition) is 1. The molecule has 1 heteroatoms. The van der Waals surface area contributed by atoms with Gasteiger partial charge in [0.05, 0.1) is 0 Å². The van der Waals surface area contributed by atoms with Crippen molar-refractivity contribution in [3.8, 4) is 0 Å². The first-order valence-electron chi connectivity index (χ1n) is 4.16. The molecule has 0 aliphatic carbocycles. The lowest BCUT2D eigenvalue weighted by Gasteiger charge is -2.22. The van der Waals surface area contributed by atoms with Crippen LogP contribution in [-0.2, 0) is 0 Å². The smallest absolute Gasteiger partial charge is 0.00747 e. The van der Waals surface area contributed by atoms with Gasteiger partial charge < -0.3 is 5.73 Å². The second-order valence-corrected chi connectivity index (χ2v) is 4.45. The van der Waals surface area contributed by atoms with Crippen molar-refractivity contribution >= 4 is 0 Å². The largest absolute Gasteiger partial charge is 0.330 e. The van der Waals surface area contributed by atoms with Crippen LogP contribution in [0, 0.1) is 11.3 Å². The number of rotatable bonds is 3. The van der Waals surface area contributed by atoms with Gasteiger partial charge in [-0.3, -0.25) is 0 Å². The van der Waals surface area contributed by atoms with Crippen LogP contribution in [0.15, 0.2) is 0 Å². The maximum absolute atomic E-state index is 5.45. The van der Waals surface area contributed by atoms with Crippen LogP contribution in [0.5, 0.6) is 0 Å². The van der Waals surface area contributed by atoms with Gasteiger partial charge in [0.2, 0.25) is 0 Å². The molecule has 0 amide bonds. The summed E-state index contributed by atoms with van der Waals surface area (Å²) in [4.78, 5) is 0. The van der Waals surface area contributed by atoms with Crippen molar-refractivity contribution in [2.75, 3.05) is 6.54 Å². The number of nitrogens with two attached hydrogens (primary N) is 1. The van der Waals surface area contributed by atoms with Crippen LogP contribution in [0.1, 0.15) is 40.5 Å². The minimum atomic E-state index is 0.467. The van der Waals surface area contributed by atoms with E-state index in [2.05, 4.69) is 27.7 Å². The molecule has 1 nitrogen and oxygen atoms in total. The van der Waals surface area contributed by atoms with E-state index in [1.807, 2.05) is 0 Å². The molecule has 0 fully saturated rings. The molecule has 1 atom stereocenters. The van der Waals surface area contributed by atoms with Gasteiger partial charge in [0.1, 0.15) is 0 Å². The summed E-state index contributed by atoms with van der Waals surface area (Å²) >= 11 is 0. The van der Waals surface area contributed by atoms with Crippen LogP contribution >= 0.6 is 0 Å². The highest BCUT2D eigenvalue weighted by molar-refractivity contribution is 4.66. The second-order valence-electron chi connectivity index (χ2n) is 4.45. The van der Waals surface area contributed by atoms with Gasteiger partial charge in [-0.25, -0.2) is 0 Å². The molecule has 10 heavy (non-hydrogen) atoms. The van der Waals surface area contributed by atoms with Gasteiger partial charge >= 0.3 is 0 Å². The topological polar surface area (TPSA) is 26.0 Å². The quantitative estimate of drug-likeness (QED) is 0.645. The summed E-state index contributed by atoms with van der Waals surface area (Å²) in [5.74, 6) is 0.782. The molecule has 0 aliphatic heterocycles. The molecule has 2 N–H and O–H groups in total. The maximum Gasteiger partial charge on any atom is -0.00747 e. The molecule has 0 aromatic carbocycles. The first-order chi connectivity index (χ1) is 4.45. The highest BCUT2D eigenvalue weighted by atomic mass is 14.5. The molecule has 62 valence electrons. The highest BCUT2D eigenvalue weighted by Gasteiger charge is 2.13. The zero-order valence-electron chi connectivity index (χ0n) is 7.78. The Morgan fingerprint density at radius 3 is 2.10 bits per heavy atom.